The molecule has 5 aromatic rings. The number of hydrogen-bond donors (Lipinski definition) is 4. The number of aromatic nitrogens is 6. The minimum absolute atomic E-state index is 0.0737. The fourth-order valence-electron chi connectivity index (χ4n) is 6.03. The highest BCUT2D eigenvalue weighted by atomic mass is 16.3. The topological polar surface area (TPSA) is 132 Å². The van der Waals surface area contributed by atoms with Gasteiger partial charge in [-0.25, -0.2) is 19.6 Å². The molecule has 10 heteroatoms. The highest BCUT2D eigenvalue weighted by Crippen LogP contribution is 2.36. The smallest absolute Gasteiger partial charge is 0.167 e. The van der Waals surface area contributed by atoms with Gasteiger partial charge in [0, 0.05) is 42.9 Å². The normalized spacial score (nSPS) is 22.8. The molecule has 1 saturated heterocycles. The van der Waals surface area contributed by atoms with Crippen molar-refractivity contribution in [2.75, 3.05) is 18.8 Å². The largest absolute Gasteiger partial charge is 0.390 e. The summed E-state index contributed by atoms with van der Waals surface area (Å²) < 4.78 is 3.80. The number of pyridine rings is 2. The first-order valence-electron chi connectivity index (χ1n) is 13.5. The summed E-state index contributed by atoms with van der Waals surface area (Å²) in [6.45, 7) is 3.73. The molecule has 1 aliphatic carbocycles. The lowest BCUT2D eigenvalue weighted by Crippen LogP contribution is -2.56. The van der Waals surface area contributed by atoms with Crippen molar-refractivity contribution < 1.29 is 5.11 Å². The van der Waals surface area contributed by atoms with Gasteiger partial charge in [0.2, 0.25) is 0 Å². The average Bonchev–Trinajstić information content (AvgIpc) is 3.69. The van der Waals surface area contributed by atoms with E-state index >= 15 is 0 Å². The molecule has 1 fully saturated rings. The van der Waals surface area contributed by atoms with Gasteiger partial charge in [-0.15, -0.1) is 0 Å². The molecule has 10 nitrogen and oxygen atoms in total. The van der Waals surface area contributed by atoms with Crippen LogP contribution in [0.1, 0.15) is 30.5 Å². The number of nitrogens with one attached hydrogen (secondary N) is 2. The van der Waals surface area contributed by atoms with Crippen LogP contribution in [-0.2, 0) is 6.42 Å². The first-order chi connectivity index (χ1) is 19.1. The Balaban J connectivity index is 1.32. The predicted molar refractivity (Wildman–Crippen MR) is 150 cm³/mol. The number of anilines is 1. The number of piperidine rings is 1. The molecule has 1 aliphatic heterocycles. The SMILES string of the molecule is CC1CNCC(O)C1NC1CCc2cc(-n3c(-c4cccnc4N)nc4ccc(-n5cccn5)nc43)ccc21. The Bertz CT molecular complexity index is 1630. The summed E-state index contributed by atoms with van der Waals surface area (Å²) >= 11 is 0. The first kappa shape index (κ1) is 24.0. The maximum absolute atomic E-state index is 10.6. The zero-order chi connectivity index (χ0) is 26.5. The number of imidazole rings is 1. The van der Waals surface area contributed by atoms with Crippen molar-refractivity contribution in [3.05, 3.63) is 78.2 Å². The molecule has 4 unspecified atom stereocenters. The number of nitrogen functional groups attached to an aromatic ring is 1. The fraction of sp³-hybridized carbons (Fsp3) is 0.310. The number of hydrogen-bond acceptors (Lipinski definition) is 8. The van der Waals surface area contributed by atoms with Crippen LogP contribution in [0.15, 0.2) is 67.1 Å². The number of benzene rings is 1. The maximum Gasteiger partial charge on any atom is 0.167 e. The summed E-state index contributed by atoms with van der Waals surface area (Å²) in [6, 6.07) is 16.4. The number of rotatable bonds is 5. The van der Waals surface area contributed by atoms with Crippen molar-refractivity contribution in [3.63, 3.8) is 0 Å². The van der Waals surface area contributed by atoms with Crippen molar-refractivity contribution in [3.8, 4) is 22.9 Å². The highest BCUT2D eigenvalue weighted by molar-refractivity contribution is 5.83. The molecular formula is C29H31N9O. The Morgan fingerprint density at radius 3 is 2.82 bits per heavy atom. The number of fused-ring (bicyclic) bond motifs is 2. The lowest BCUT2D eigenvalue weighted by Gasteiger charge is -2.36. The maximum atomic E-state index is 10.6. The summed E-state index contributed by atoms with van der Waals surface area (Å²) in [7, 11) is 0. The third-order valence-electron chi connectivity index (χ3n) is 8.01. The number of aryl methyl sites for hydroxylation is 1. The monoisotopic (exact) mass is 521 g/mol. The molecule has 0 radical (unpaired) electrons. The van der Waals surface area contributed by atoms with Crippen molar-refractivity contribution in [2.45, 2.75) is 38.0 Å². The number of aliphatic hydroxyl groups is 1. The third kappa shape index (κ3) is 4.17. The van der Waals surface area contributed by atoms with Gasteiger partial charge in [-0.2, -0.15) is 5.10 Å². The summed E-state index contributed by atoms with van der Waals surface area (Å²) in [5.41, 5.74) is 12.1. The van der Waals surface area contributed by atoms with E-state index in [4.69, 9.17) is 15.7 Å². The summed E-state index contributed by atoms with van der Waals surface area (Å²) in [6.07, 6.45) is 6.85. The fourth-order valence-corrected chi connectivity index (χ4v) is 6.03. The van der Waals surface area contributed by atoms with Gasteiger partial charge < -0.3 is 21.5 Å². The van der Waals surface area contributed by atoms with Gasteiger partial charge in [0.1, 0.15) is 11.3 Å². The molecule has 0 amide bonds. The van der Waals surface area contributed by atoms with Crippen LogP contribution >= 0.6 is 0 Å². The quantitative estimate of drug-likeness (QED) is 0.278. The van der Waals surface area contributed by atoms with E-state index in [-0.39, 0.29) is 12.1 Å². The van der Waals surface area contributed by atoms with Gasteiger partial charge in [-0.3, -0.25) is 4.57 Å². The molecular weight excluding hydrogens is 490 g/mol. The Hall–Kier alpha value is -4.12. The number of nitrogens with zero attached hydrogens (tertiary/aromatic N) is 6. The second-order valence-electron chi connectivity index (χ2n) is 10.5. The predicted octanol–water partition coefficient (Wildman–Crippen LogP) is 2.80. The van der Waals surface area contributed by atoms with Crippen LogP contribution in [0, 0.1) is 5.92 Å². The number of β-amino-alcohol motifs (C(OH)–C–C–N with tert-alkyl or cyclic N) is 1. The molecule has 4 aromatic heterocycles. The molecule has 1 aromatic carbocycles. The first-order valence-corrected chi connectivity index (χ1v) is 13.5. The Morgan fingerprint density at radius 1 is 1.08 bits per heavy atom. The van der Waals surface area contributed by atoms with Crippen molar-refractivity contribution in [1.29, 1.82) is 0 Å². The van der Waals surface area contributed by atoms with Gasteiger partial charge in [-0.05, 0) is 78.9 Å². The molecule has 0 bridgehead atoms. The molecule has 39 heavy (non-hydrogen) atoms. The van der Waals surface area contributed by atoms with Crippen LogP contribution in [-0.4, -0.2) is 59.6 Å². The molecule has 0 spiro atoms. The molecule has 198 valence electrons. The summed E-state index contributed by atoms with van der Waals surface area (Å²) in [5, 5.41) is 22.0. The number of nitrogens with two attached hydrogens (primary N) is 1. The van der Waals surface area contributed by atoms with Gasteiger partial charge >= 0.3 is 0 Å². The van der Waals surface area contributed by atoms with Crippen LogP contribution in [0.2, 0.25) is 0 Å². The second kappa shape index (κ2) is 9.57. The van der Waals surface area contributed by atoms with E-state index in [1.165, 1.54) is 11.1 Å². The standard InChI is InChI=1S/C29H31N9O/c1-17-15-31-16-24(39)26(17)34-22-8-5-18-14-19(6-7-20(18)22)38-28(21-4-2-11-32-27(21)30)35-23-9-10-25(36-29(23)38)37-13-3-12-33-37/h2-4,6-7,9-14,17,22,24,26,31,34,39H,5,8,15-16H2,1H3,(H2,30,32). The zero-order valence-electron chi connectivity index (χ0n) is 21.7. The van der Waals surface area contributed by atoms with E-state index in [0.717, 1.165) is 41.8 Å². The van der Waals surface area contributed by atoms with E-state index in [1.54, 1.807) is 17.1 Å². The van der Waals surface area contributed by atoms with Crippen molar-refractivity contribution in [2.24, 2.45) is 5.92 Å². The molecule has 0 saturated carbocycles. The van der Waals surface area contributed by atoms with E-state index in [1.807, 2.05) is 36.5 Å². The molecule has 5 N–H and O–H groups in total. The van der Waals surface area contributed by atoms with Crippen LogP contribution in [0.3, 0.4) is 0 Å². The minimum Gasteiger partial charge on any atom is -0.390 e. The van der Waals surface area contributed by atoms with E-state index < -0.39 is 6.10 Å². The Labute approximate surface area is 225 Å². The third-order valence-corrected chi connectivity index (χ3v) is 8.01. The van der Waals surface area contributed by atoms with Gasteiger partial charge in [0.05, 0.1) is 11.7 Å². The van der Waals surface area contributed by atoms with Gasteiger partial charge in [-0.1, -0.05) is 13.0 Å². The zero-order valence-corrected chi connectivity index (χ0v) is 21.7. The van der Waals surface area contributed by atoms with Crippen molar-refractivity contribution >= 4 is 17.0 Å². The van der Waals surface area contributed by atoms with Crippen molar-refractivity contribution in [1.82, 2.24) is 39.9 Å². The van der Waals surface area contributed by atoms with E-state index in [2.05, 4.69) is 50.4 Å². The molecule has 4 atom stereocenters. The number of aliphatic hydroxyl groups excluding tert-OH is 1. The lowest BCUT2D eigenvalue weighted by molar-refractivity contribution is 0.0688. The second-order valence-corrected chi connectivity index (χ2v) is 10.5. The van der Waals surface area contributed by atoms with E-state index in [9.17, 15) is 5.11 Å². The molecule has 7 rings (SSSR count). The Kier molecular flexibility index (Phi) is 5.88. The van der Waals surface area contributed by atoms with Crippen LogP contribution in [0.4, 0.5) is 5.82 Å². The highest BCUT2D eigenvalue weighted by Gasteiger charge is 2.33. The Morgan fingerprint density at radius 2 is 2.00 bits per heavy atom. The van der Waals surface area contributed by atoms with Crippen LogP contribution in [0.25, 0.3) is 34.1 Å². The summed E-state index contributed by atoms with van der Waals surface area (Å²) in [4.78, 5) is 14.2. The molecule has 2 aliphatic rings. The lowest BCUT2D eigenvalue weighted by atomic mass is 9.91. The minimum atomic E-state index is -0.392. The summed E-state index contributed by atoms with van der Waals surface area (Å²) in [5.74, 6) is 2.18. The molecule has 5 heterocycles. The van der Waals surface area contributed by atoms with Gasteiger partial charge in [0.25, 0.3) is 0 Å². The van der Waals surface area contributed by atoms with Crippen LogP contribution in [0.5, 0.6) is 0 Å². The van der Waals surface area contributed by atoms with Crippen LogP contribution < -0.4 is 16.4 Å². The van der Waals surface area contributed by atoms with E-state index in [0.29, 0.717) is 29.9 Å². The average molecular weight is 522 g/mol. The van der Waals surface area contributed by atoms with Gasteiger partial charge in [0.15, 0.2) is 17.3 Å².